The molecule has 0 aromatic heterocycles. The second-order valence-corrected chi connectivity index (χ2v) is 16.8. The highest BCUT2D eigenvalue weighted by atomic mass is 31.2. The Morgan fingerprint density at radius 1 is 0.588 bits per heavy atom. The van der Waals surface area contributed by atoms with Crippen LogP contribution in [0, 0.1) is 0 Å². The van der Waals surface area contributed by atoms with E-state index in [2.05, 4.69) is 26.0 Å². The standard InChI is InChI=1S/C41H80NO8P/c1-6-8-10-12-14-16-18-20-21-22-24-25-27-29-31-33-40(43)47-37-39(38-49-51(45,46)48-36-35-42(3,4)5)50-41(44)34-32-30-28-26-23-19-17-15-13-11-9-7-2/h16,18,39H,6-15,17,19-38H2,1-5H3/p+1/b18-16-/t39-/m1/s1. The van der Waals surface area contributed by atoms with E-state index in [0.717, 1.165) is 32.1 Å². The van der Waals surface area contributed by atoms with Gasteiger partial charge >= 0.3 is 19.8 Å². The quantitative estimate of drug-likeness (QED) is 0.0219. The summed E-state index contributed by atoms with van der Waals surface area (Å²) in [5.41, 5.74) is 0. The third kappa shape index (κ3) is 38.3. The Labute approximate surface area is 314 Å². The SMILES string of the molecule is CCCCCC/C=C\CCCCCCCCCC(=O)OC[C@H](COP(=O)(O)OCC[N+](C)(C)C)OC(=O)CCCCCCCCCCCCCC. The Hall–Kier alpha value is -1.25. The Kier molecular flexibility index (Phi) is 33.7. The fraction of sp³-hybridized carbons (Fsp3) is 0.902. The Morgan fingerprint density at radius 2 is 1.00 bits per heavy atom. The van der Waals surface area contributed by atoms with Crippen molar-refractivity contribution in [2.45, 2.75) is 193 Å². The van der Waals surface area contributed by atoms with Crippen LogP contribution in [0.25, 0.3) is 0 Å². The largest absolute Gasteiger partial charge is 0.472 e. The maximum atomic E-state index is 12.6. The second kappa shape index (κ2) is 34.5. The summed E-state index contributed by atoms with van der Waals surface area (Å²) in [5.74, 6) is -0.797. The molecular weight excluding hydrogens is 665 g/mol. The molecule has 2 atom stereocenters. The molecule has 0 fully saturated rings. The zero-order valence-electron chi connectivity index (χ0n) is 33.9. The highest BCUT2D eigenvalue weighted by Crippen LogP contribution is 2.43. The second-order valence-electron chi connectivity index (χ2n) is 15.4. The summed E-state index contributed by atoms with van der Waals surface area (Å²) in [5, 5.41) is 0. The molecule has 0 heterocycles. The number of phosphoric acid groups is 1. The minimum Gasteiger partial charge on any atom is -0.462 e. The van der Waals surface area contributed by atoms with Gasteiger partial charge in [0.05, 0.1) is 27.7 Å². The van der Waals surface area contributed by atoms with Crippen LogP contribution in [0.2, 0.25) is 0 Å². The number of likely N-dealkylation sites (N-methyl/N-ethyl adjacent to an activating group) is 1. The molecular formula is C41H81NO8P+. The molecule has 0 saturated heterocycles. The van der Waals surface area contributed by atoms with Gasteiger partial charge in [-0.15, -0.1) is 0 Å². The lowest BCUT2D eigenvalue weighted by atomic mass is 10.0. The molecule has 0 radical (unpaired) electrons. The molecule has 10 heteroatoms. The van der Waals surface area contributed by atoms with Crippen molar-refractivity contribution in [1.82, 2.24) is 0 Å². The van der Waals surface area contributed by atoms with Gasteiger partial charge < -0.3 is 18.9 Å². The number of phosphoric ester groups is 1. The summed E-state index contributed by atoms with van der Waals surface area (Å²) in [6, 6.07) is 0. The third-order valence-corrected chi connectivity index (χ3v) is 10.0. The van der Waals surface area contributed by atoms with Crippen LogP contribution in [0.4, 0.5) is 0 Å². The van der Waals surface area contributed by atoms with Gasteiger partial charge in [-0.05, 0) is 38.5 Å². The molecule has 0 aromatic carbocycles. The van der Waals surface area contributed by atoms with E-state index in [1.54, 1.807) is 0 Å². The van der Waals surface area contributed by atoms with Crippen LogP contribution in [0.15, 0.2) is 12.2 Å². The number of carbonyl (C=O) groups is 2. The van der Waals surface area contributed by atoms with Gasteiger partial charge in [0.25, 0.3) is 0 Å². The summed E-state index contributed by atoms with van der Waals surface area (Å²) in [7, 11) is 1.48. The molecule has 302 valence electrons. The van der Waals surface area contributed by atoms with E-state index in [1.165, 1.54) is 122 Å². The summed E-state index contributed by atoms with van der Waals surface area (Å²) >= 11 is 0. The van der Waals surface area contributed by atoms with Crippen molar-refractivity contribution in [2.24, 2.45) is 0 Å². The van der Waals surface area contributed by atoms with E-state index in [4.69, 9.17) is 18.5 Å². The smallest absolute Gasteiger partial charge is 0.462 e. The van der Waals surface area contributed by atoms with E-state index in [1.807, 2.05) is 21.1 Å². The van der Waals surface area contributed by atoms with Crippen molar-refractivity contribution in [3.8, 4) is 0 Å². The number of allylic oxidation sites excluding steroid dienone is 2. The number of esters is 2. The monoisotopic (exact) mass is 747 g/mol. The molecule has 0 rings (SSSR count). The summed E-state index contributed by atoms with van der Waals surface area (Å²) < 4.78 is 34.2. The van der Waals surface area contributed by atoms with E-state index < -0.39 is 26.5 Å². The number of hydrogen-bond acceptors (Lipinski definition) is 7. The van der Waals surface area contributed by atoms with Gasteiger partial charge in [0.2, 0.25) is 0 Å². The third-order valence-electron chi connectivity index (χ3n) is 9.05. The van der Waals surface area contributed by atoms with Gasteiger partial charge in [0, 0.05) is 12.8 Å². The number of carbonyl (C=O) groups excluding carboxylic acids is 2. The average Bonchev–Trinajstić information content (AvgIpc) is 3.07. The van der Waals surface area contributed by atoms with Crippen molar-refractivity contribution in [3.05, 3.63) is 12.2 Å². The predicted octanol–water partition coefficient (Wildman–Crippen LogP) is 11.4. The van der Waals surface area contributed by atoms with Gasteiger partial charge in [0.1, 0.15) is 19.8 Å². The van der Waals surface area contributed by atoms with Crippen molar-refractivity contribution in [3.63, 3.8) is 0 Å². The molecule has 1 N–H and O–H groups in total. The van der Waals surface area contributed by atoms with E-state index in [-0.39, 0.29) is 32.0 Å². The molecule has 1 unspecified atom stereocenters. The first-order chi connectivity index (χ1) is 24.5. The average molecular weight is 747 g/mol. The zero-order valence-corrected chi connectivity index (χ0v) is 34.7. The zero-order chi connectivity index (χ0) is 37.9. The number of hydrogen-bond donors (Lipinski definition) is 1. The highest BCUT2D eigenvalue weighted by Gasteiger charge is 2.27. The van der Waals surface area contributed by atoms with Gasteiger partial charge in [-0.2, -0.15) is 0 Å². The van der Waals surface area contributed by atoms with Crippen LogP contribution >= 0.6 is 7.82 Å². The van der Waals surface area contributed by atoms with Crippen molar-refractivity contribution >= 4 is 19.8 Å². The van der Waals surface area contributed by atoms with E-state index >= 15 is 0 Å². The van der Waals surface area contributed by atoms with Crippen LogP contribution in [0.3, 0.4) is 0 Å². The maximum Gasteiger partial charge on any atom is 0.472 e. The summed E-state index contributed by atoms with van der Waals surface area (Å²) in [6.07, 6.45) is 33.9. The first kappa shape index (κ1) is 49.8. The Balaban J connectivity index is 4.37. The normalized spacial score (nSPS) is 13.8. The highest BCUT2D eigenvalue weighted by molar-refractivity contribution is 7.47. The lowest BCUT2D eigenvalue weighted by Gasteiger charge is -2.24. The number of nitrogens with zero attached hydrogens (tertiary/aromatic N) is 1. The lowest BCUT2D eigenvalue weighted by Crippen LogP contribution is -2.37. The van der Waals surface area contributed by atoms with E-state index in [9.17, 15) is 19.0 Å². The van der Waals surface area contributed by atoms with Crippen molar-refractivity contribution < 1.29 is 42.1 Å². The van der Waals surface area contributed by atoms with Crippen LogP contribution in [0.5, 0.6) is 0 Å². The molecule has 51 heavy (non-hydrogen) atoms. The number of quaternary nitrogens is 1. The molecule has 0 saturated carbocycles. The molecule has 0 aromatic rings. The number of rotatable bonds is 38. The number of ether oxygens (including phenoxy) is 2. The number of unbranched alkanes of at least 4 members (excludes halogenated alkanes) is 22. The van der Waals surface area contributed by atoms with Crippen LogP contribution in [-0.2, 0) is 32.7 Å². The molecule has 0 spiro atoms. The summed E-state index contributed by atoms with van der Waals surface area (Å²) in [4.78, 5) is 35.2. The van der Waals surface area contributed by atoms with Crippen LogP contribution in [-0.4, -0.2) is 74.9 Å². The topological polar surface area (TPSA) is 108 Å². The lowest BCUT2D eigenvalue weighted by molar-refractivity contribution is -0.870. The molecule has 9 nitrogen and oxygen atoms in total. The van der Waals surface area contributed by atoms with Gasteiger partial charge in [-0.25, -0.2) is 4.57 Å². The van der Waals surface area contributed by atoms with Gasteiger partial charge in [0.15, 0.2) is 6.10 Å². The molecule has 0 aliphatic heterocycles. The fourth-order valence-corrected chi connectivity index (χ4v) is 6.46. The summed E-state index contributed by atoms with van der Waals surface area (Å²) in [6.45, 7) is 4.41. The van der Waals surface area contributed by atoms with Gasteiger partial charge in [-0.3, -0.25) is 18.6 Å². The van der Waals surface area contributed by atoms with Gasteiger partial charge in [-0.1, -0.05) is 148 Å². The van der Waals surface area contributed by atoms with Crippen LogP contribution < -0.4 is 0 Å². The molecule has 0 aliphatic rings. The van der Waals surface area contributed by atoms with Crippen molar-refractivity contribution in [1.29, 1.82) is 0 Å². The van der Waals surface area contributed by atoms with E-state index in [0.29, 0.717) is 17.4 Å². The Morgan fingerprint density at radius 3 is 1.47 bits per heavy atom. The molecule has 0 aliphatic carbocycles. The minimum atomic E-state index is -4.36. The predicted molar refractivity (Wildman–Crippen MR) is 211 cm³/mol. The Bertz CT molecular complexity index is 891. The maximum absolute atomic E-state index is 12.6. The first-order valence-electron chi connectivity index (χ1n) is 20.9. The van der Waals surface area contributed by atoms with Crippen molar-refractivity contribution in [2.75, 3.05) is 47.5 Å². The fourth-order valence-electron chi connectivity index (χ4n) is 5.71. The minimum absolute atomic E-state index is 0.0340. The molecule has 0 amide bonds. The first-order valence-corrected chi connectivity index (χ1v) is 22.4. The molecule has 0 bridgehead atoms. The van der Waals surface area contributed by atoms with Crippen LogP contribution in [0.1, 0.15) is 187 Å².